The van der Waals surface area contributed by atoms with E-state index < -0.39 is 0 Å². The molecule has 2 nitrogen and oxygen atoms in total. The predicted octanol–water partition coefficient (Wildman–Crippen LogP) is 6.48. The second-order valence-electron chi connectivity index (χ2n) is 10.2. The van der Waals surface area contributed by atoms with Gasteiger partial charge in [0, 0.05) is 26.4 Å². The van der Waals surface area contributed by atoms with Crippen molar-refractivity contribution in [1.29, 1.82) is 0 Å². The zero-order valence-corrected chi connectivity index (χ0v) is 17.6. The zero-order chi connectivity index (χ0) is 18.2. The van der Waals surface area contributed by atoms with Crippen LogP contribution in [0.3, 0.4) is 0 Å². The van der Waals surface area contributed by atoms with Crippen LogP contribution in [0.1, 0.15) is 90.9 Å². The van der Waals surface area contributed by atoms with Crippen molar-refractivity contribution < 1.29 is 9.47 Å². The Balaban J connectivity index is 1.24. The van der Waals surface area contributed by atoms with Crippen LogP contribution >= 0.6 is 0 Å². The van der Waals surface area contributed by atoms with Crippen molar-refractivity contribution in [2.24, 2.45) is 35.5 Å². The van der Waals surface area contributed by atoms with Crippen molar-refractivity contribution in [3.63, 3.8) is 0 Å². The lowest BCUT2D eigenvalue weighted by molar-refractivity contribution is 0.0144. The number of ether oxygens (including phenoxy) is 2. The van der Waals surface area contributed by atoms with Crippen LogP contribution in [0.4, 0.5) is 0 Å². The summed E-state index contributed by atoms with van der Waals surface area (Å²) in [5.74, 6) is 5.15. The largest absolute Gasteiger partial charge is 0.381 e. The van der Waals surface area contributed by atoms with Crippen molar-refractivity contribution in [2.75, 3.05) is 26.4 Å². The summed E-state index contributed by atoms with van der Waals surface area (Å²) in [4.78, 5) is 0. The Labute approximate surface area is 162 Å². The lowest BCUT2D eigenvalue weighted by Crippen LogP contribution is -2.26. The van der Waals surface area contributed by atoms with Gasteiger partial charge in [-0.05, 0) is 80.5 Å². The molecule has 152 valence electrons. The molecule has 3 aliphatic rings. The molecular weight excluding hydrogens is 320 g/mol. The van der Waals surface area contributed by atoms with E-state index in [-0.39, 0.29) is 0 Å². The van der Waals surface area contributed by atoms with Crippen LogP contribution in [-0.4, -0.2) is 26.4 Å². The highest BCUT2D eigenvalue weighted by atomic mass is 16.5. The fourth-order valence-electron chi connectivity index (χ4n) is 5.50. The smallest absolute Gasteiger partial charge is 0.0494 e. The molecule has 0 aromatic carbocycles. The first-order valence-electron chi connectivity index (χ1n) is 11.8. The summed E-state index contributed by atoms with van der Waals surface area (Å²) in [7, 11) is 0. The minimum atomic E-state index is 0.787. The van der Waals surface area contributed by atoms with Gasteiger partial charge in [0.05, 0.1) is 0 Å². The van der Waals surface area contributed by atoms with Crippen molar-refractivity contribution in [3.05, 3.63) is 0 Å². The van der Waals surface area contributed by atoms with E-state index in [2.05, 4.69) is 13.8 Å². The third-order valence-corrected chi connectivity index (χ3v) is 7.58. The van der Waals surface area contributed by atoms with Gasteiger partial charge >= 0.3 is 0 Å². The van der Waals surface area contributed by atoms with E-state index in [0.29, 0.717) is 0 Å². The molecule has 0 amide bonds. The topological polar surface area (TPSA) is 18.5 Å². The molecular formula is C24H44O2. The van der Waals surface area contributed by atoms with E-state index in [0.717, 1.165) is 61.9 Å². The number of rotatable bonds is 8. The zero-order valence-electron chi connectivity index (χ0n) is 17.6. The van der Waals surface area contributed by atoms with E-state index in [1.54, 1.807) is 0 Å². The molecule has 2 heteroatoms. The molecule has 2 atom stereocenters. The van der Waals surface area contributed by atoms with Crippen molar-refractivity contribution in [3.8, 4) is 0 Å². The van der Waals surface area contributed by atoms with Crippen LogP contribution in [0.2, 0.25) is 0 Å². The van der Waals surface area contributed by atoms with Crippen LogP contribution in [0, 0.1) is 35.5 Å². The maximum absolute atomic E-state index is 6.17. The Hall–Kier alpha value is -0.0800. The van der Waals surface area contributed by atoms with E-state index in [4.69, 9.17) is 9.47 Å². The minimum absolute atomic E-state index is 0.787. The highest BCUT2D eigenvalue weighted by Crippen LogP contribution is 2.32. The lowest BCUT2D eigenvalue weighted by Gasteiger charge is -2.31. The van der Waals surface area contributed by atoms with Crippen molar-refractivity contribution in [2.45, 2.75) is 90.9 Å². The van der Waals surface area contributed by atoms with Crippen LogP contribution in [0.25, 0.3) is 0 Å². The summed E-state index contributed by atoms with van der Waals surface area (Å²) in [5, 5.41) is 0. The van der Waals surface area contributed by atoms with Crippen LogP contribution in [-0.2, 0) is 9.47 Å². The molecule has 3 aliphatic carbocycles. The lowest BCUT2D eigenvalue weighted by atomic mass is 9.81. The van der Waals surface area contributed by atoms with Gasteiger partial charge in [0.25, 0.3) is 0 Å². The molecule has 0 radical (unpaired) electrons. The average molecular weight is 365 g/mol. The third-order valence-electron chi connectivity index (χ3n) is 7.58. The van der Waals surface area contributed by atoms with E-state index >= 15 is 0 Å². The van der Waals surface area contributed by atoms with Crippen molar-refractivity contribution in [1.82, 2.24) is 0 Å². The molecule has 0 aliphatic heterocycles. The summed E-state index contributed by atoms with van der Waals surface area (Å²) < 4.78 is 12.3. The molecule has 3 saturated carbocycles. The summed E-state index contributed by atoms with van der Waals surface area (Å²) in [6.45, 7) is 8.84. The van der Waals surface area contributed by atoms with E-state index in [9.17, 15) is 0 Å². The van der Waals surface area contributed by atoms with Crippen molar-refractivity contribution >= 4 is 0 Å². The van der Waals surface area contributed by atoms with Gasteiger partial charge in [0.1, 0.15) is 0 Å². The summed E-state index contributed by atoms with van der Waals surface area (Å²) in [5.41, 5.74) is 0. The first kappa shape index (κ1) is 20.6. The standard InChI is InChI=1S/C24H44O2/c1-19-6-10-21(11-7-19)15-25-17-23-4-3-5-24(14-23)18-26-16-22-12-8-20(2)9-13-22/h19-24H,3-18H2,1-2H3. The monoisotopic (exact) mass is 364 g/mol. The molecule has 0 saturated heterocycles. The fourth-order valence-corrected chi connectivity index (χ4v) is 5.50. The SMILES string of the molecule is CC1CCC(COCC2CCCC(COCC3CCC(C)CC3)C2)CC1. The highest BCUT2D eigenvalue weighted by Gasteiger charge is 2.24. The van der Waals surface area contributed by atoms with E-state index in [1.807, 2.05) is 0 Å². The van der Waals surface area contributed by atoms with Gasteiger partial charge in [-0.1, -0.05) is 46.0 Å². The van der Waals surface area contributed by atoms with Gasteiger partial charge in [-0.3, -0.25) is 0 Å². The molecule has 0 aromatic rings. The Bertz CT molecular complexity index is 332. The second-order valence-corrected chi connectivity index (χ2v) is 10.2. The van der Waals surface area contributed by atoms with Gasteiger partial charge < -0.3 is 9.47 Å². The van der Waals surface area contributed by atoms with Gasteiger partial charge in [-0.15, -0.1) is 0 Å². The summed E-state index contributed by atoms with van der Waals surface area (Å²) in [6.07, 6.45) is 16.7. The summed E-state index contributed by atoms with van der Waals surface area (Å²) in [6, 6.07) is 0. The second kappa shape index (κ2) is 11.1. The average Bonchev–Trinajstić information content (AvgIpc) is 2.65. The molecule has 0 N–H and O–H groups in total. The van der Waals surface area contributed by atoms with Gasteiger partial charge in [0.2, 0.25) is 0 Å². The quantitative estimate of drug-likeness (QED) is 0.491. The van der Waals surface area contributed by atoms with Gasteiger partial charge in [0.15, 0.2) is 0 Å². The van der Waals surface area contributed by atoms with Crippen LogP contribution < -0.4 is 0 Å². The van der Waals surface area contributed by atoms with Gasteiger partial charge in [-0.25, -0.2) is 0 Å². The molecule has 3 fully saturated rings. The van der Waals surface area contributed by atoms with E-state index in [1.165, 1.54) is 77.0 Å². The van der Waals surface area contributed by atoms with Crippen LogP contribution in [0.5, 0.6) is 0 Å². The third kappa shape index (κ3) is 7.15. The normalized spacial score (nSPS) is 39.0. The molecule has 0 heterocycles. The molecule has 0 spiro atoms. The fraction of sp³-hybridized carbons (Fsp3) is 1.00. The minimum Gasteiger partial charge on any atom is -0.381 e. The first-order valence-corrected chi connectivity index (χ1v) is 11.8. The molecule has 26 heavy (non-hydrogen) atoms. The Morgan fingerprint density at radius 3 is 1.31 bits per heavy atom. The molecule has 0 aromatic heterocycles. The first-order chi connectivity index (χ1) is 12.7. The maximum Gasteiger partial charge on any atom is 0.0494 e. The Morgan fingerprint density at radius 1 is 0.500 bits per heavy atom. The summed E-state index contributed by atoms with van der Waals surface area (Å²) >= 11 is 0. The highest BCUT2D eigenvalue weighted by molar-refractivity contribution is 4.75. The predicted molar refractivity (Wildman–Crippen MR) is 109 cm³/mol. The molecule has 3 rings (SSSR count). The maximum atomic E-state index is 6.17. The van der Waals surface area contributed by atoms with Gasteiger partial charge in [-0.2, -0.15) is 0 Å². The number of hydrogen-bond donors (Lipinski definition) is 0. The Kier molecular flexibility index (Phi) is 8.78. The van der Waals surface area contributed by atoms with Crippen LogP contribution in [0.15, 0.2) is 0 Å². The molecule has 0 bridgehead atoms. The number of hydrogen-bond acceptors (Lipinski definition) is 2. The Morgan fingerprint density at radius 2 is 0.885 bits per heavy atom. The molecule has 2 unspecified atom stereocenters.